The molecule has 2 rings (SSSR count). The maximum atomic E-state index is 12.0. The molecular weight excluding hydrogens is 188 g/mol. The third-order valence-electron chi connectivity index (χ3n) is 3.00. The predicted molar refractivity (Wildman–Crippen MR) is 58.4 cm³/mol. The van der Waals surface area contributed by atoms with Gasteiger partial charge in [0.15, 0.2) is 11.6 Å². The highest BCUT2D eigenvalue weighted by Crippen LogP contribution is 2.32. The average Bonchev–Trinajstić information content (AvgIpc) is 2.26. The molecule has 15 heavy (non-hydrogen) atoms. The van der Waals surface area contributed by atoms with Crippen molar-refractivity contribution >= 4 is 11.6 Å². The highest BCUT2D eigenvalue weighted by atomic mass is 16.1. The van der Waals surface area contributed by atoms with E-state index in [0.717, 1.165) is 36.8 Å². The van der Waals surface area contributed by atoms with Crippen molar-refractivity contribution in [1.29, 1.82) is 0 Å². The molecule has 0 heterocycles. The molecule has 0 radical (unpaired) electrons. The van der Waals surface area contributed by atoms with E-state index in [4.69, 9.17) is 0 Å². The van der Waals surface area contributed by atoms with Crippen molar-refractivity contribution in [3.8, 4) is 0 Å². The first-order valence-electron chi connectivity index (χ1n) is 5.36. The molecular formula is C13H14O2. The van der Waals surface area contributed by atoms with E-state index >= 15 is 0 Å². The second-order valence-electron chi connectivity index (χ2n) is 4.02. The standard InChI is InChI=1S/C13H14O2/c1-2-5-9-8-12(14)10-6-3-4-7-11(10)13(9)15/h2,8H,1,3-7H2. The predicted octanol–water partition coefficient (Wildman–Crippen LogP) is 2.51. The summed E-state index contributed by atoms with van der Waals surface area (Å²) in [6, 6.07) is 0. The Labute approximate surface area is 89.4 Å². The van der Waals surface area contributed by atoms with Gasteiger partial charge in [0.1, 0.15) is 0 Å². The van der Waals surface area contributed by atoms with Crippen LogP contribution in [0, 0.1) is 0 Å². The molecule has 2 aliphatic rings. The first-order chi connectivity index (χ1) is 7.24. The van der Waals surface area contributed by atoms with Gasteiger partial charge in [0.05, 0.1) is 0 Å². The van der Waals surface area contributed by atoms with Crippen LogP contribution in [0.15, 0.2) is 35.5 Å². The first-order valence-corrected chi connectivity index (χ1v) is 5.36. The minimum absolute atomic E-state index is 0.0427. The second-order valence-corrected chi connectivity index (χ2v) is 4.02. The normalized spacial score (nSPS) is 21.2. The molecule has 0 saturated heterocycles. The summed E-state index contributed by atoms with van der Waals surface area (Å²) in [7, 11) is 0. The highest BCUT2D eigenvalue weighted by molar-refractivity contribution is 6.22. The Hall–Kier alpha value is -1.44. The third kappa shape index (κ3) is 1.72. The van der Waals surface area contributed by atoms with Crippen molar-refractivity contribution in [2.24, 2.45) is 0 Å². The Morgan fingerprint density at radius 3 is 2.53 bits per heavy atom. The van der Waals surface area contributed by atoms with Gasteiger partial charge in [-0.1, -0.05) is 6.08 Å². The van der Waals surface area contributed by atoms with E-state index in [1.165, 1.54) is 6.08 Å². The van der Waals surface area contributed by atoms with Gasteiger partial charge in [-0.3, -0.25) is 9.59 Å². The van der Waals surface area contributed by atoms with Gasteiger partial charge in [0, 0.05) is 16.7 Å². The molecule has 0 unspecified atom stereocenters. The van der Waals surface area contributed by atoms with Gasteiger partial charge < -0.3 is 0 Å². The van der Waals surface area contributed by atoms with Crippen molar-refractivity contribution in [3.63, 3.8) is 0 Å². The summed E-state index contributed by atoms with van der Waals surface area (Å²) in [5, 5.41) is 0. The number of ketones is 2. The lowest BCUT2D eigenvalue weighted by Gasteiger charge is -2.22. The van der Waals surface area contributed by atoms with Gasteiger partial charge in [-0.25, -0.2) is 0 Å². The molecule has 0 aromatic rings. The van der Waals surface area contributed by atoms with E-state index in [9.17, 15) is 9.59 Å². The van der Waals surface area contributed by atoms with Crippen molar-refractivity contribution in [2.75, 3.05) is 0 Å². The van der Waals surface area contributed by atoms with Crippen molar-refractivity contribution in [2.45, 2.75) is 32.1 Å². The van der Waals surface area contributed by atoms with E-state index in [-0.39, 0.29) is 11.6 Å². The zero-order valence-electron chi connectivity index (χ0n) is 8.71. The minimum Gasteiger partial charge on any atom is -0.290 e. The second kappa shape index (κ2) is 3.97. The number of rotatable bonds is 2. The number of Topliss-reactive ketones (excluding diaryl/α,β-unsaturated/α-hetero) is 1. The van der Waals surface area contributed by atoms with Gasteiger partial charge in [0.25, 0.3) is 0 Å². The van der Waals surface area contributed by atoms with Crippen LogP contribution in [0.25, 0.3) is 0 Å². The molecule has 0 aromatic heterocycles. The summed E-state index contributed by atoms with van der Waals surface area (Å²) in [5.74, 6) is 0.116. The molecule has 0 atom stereocenters. The molecule has 0 aromatic carbocycles. The van der Waals surface area contributed by atoms with Crippen molar-refractivity contribution in [3.05, 3.63) is 35.5 Å². The molecule has 78 valence electrons. The molecule has 0 saturated carbocycles. The first kappa shape index (κ1) is 10.1. The van der Waals surface area contributed by atoms with Gasteiger partial charge in [-0.05, 0) is 38.2 Å². The minimum atomic E-state index is 0.0427. The highest BCUT2D eigenvalue weighted by Gasteiger charge is 2.28. The molecule has 2 nitrogen and oxygen atoms in total. The molecule has 0 aliphatic heterocycles. The number of hydrogen-bond donors (Lipinski definition) is 0. The quantitative estimate of drug-likeness (QED) is 0.509. The monoisotopic (exact) mass is 202 g/mol. The Balaban J connectivity index is 2.36. The smallest absolute Gasteiger partial charge is 0.185 e. The van der Waals surface area contributed by atoms with E-state index < -0.39 is 0 Å². The van der Waals surface area contributed by atoms with Crippen LogP contribution in [0.5, 0.6) is 0 Å². The largest absolute Gasteiger partial charge is 0.290 e. The maximum Gasteiger partial charge on any atom is 0.185 e. The summed E-state index contributed by atoms with van der Waals surface area (Å²) in [6.45, 7) is 3.60. The fraction of sp³-hybridized carbons (Fsp3) is 0.385. The molecule has 0 bridgehead atoms. The van der Waals surface area contributed by atoms with Gasteiger partial charge in [0.2, 0.25) is 0 Å². The van der Waals surface area contributed by atoms with Gasteiger partial charge in [-0.15, -0.1) is 6.58 Å². The third-order valence-corrected chi connectivity index (χ3v) is 3.00. The van der Waals surface area contributed by atoms with E-state index in [1.807, 2.05) is 0 Å². The Kier molecular flexibility index (Phi) is 2.67. The SMILES string of the molecule is C=CCC1=CC(=O)C2=C(CCCC2)C1=O. The molecule has 0 fully saturated rings. The lowest BCUT2D eigenvalue weighted by atomic mass is 9.80. The molecule has 0 N–H and O–H groups in total. The molecule has 0 spiro atoms. The lowest BCUT2D eigenvalue weighted by Crippen LogP contribution is -2.21. The van der Waals surface area contributed by atoms with E-state index in [1.54, 1.807) is 6.08 Å². The van der Waals surface area contributed by atoms with Crippen molar-refractivity contribution < 1.29 is 9.59 Å². The lowest BCUT2D eigenvalue weighted by molar-refractivity contribution is -0.116. The van der Waals surface area contributed by atoms with Crippen LogP contribution < -0.4 is 0 Å². The zero-order valence-corrected chi connectivity index (χ0v) is 8.71. The Morgan fingerprint density at radius 2 is 1.87 bits per heavy atom. The maximum absolute atomic E-state index is 12.0. The number of hydrogen-bond acceptors (Lipinski definition) is 2. The van der Waals surface area contributed by atoms with Crippen LogP contribution in [0.3, 0.4) is 0 Å². The molecule has 0 amide bonds. The van der Waals surface area contributed by atoms with E-state index in [0.29, 0.717) is 12.0 Å². The van der Waals surface area contributed by atoms with Gasteiger partial charge in [-0.2, -0.15) is 0 Å². The fourth-order valence-corrected chi connectivity index (χ4v) is 2.24. The fourth-order valence-electron chi connectivity index (χ4n) is 2.24. The van der Waals surface area contributed by atoms with Crippen LogP contribution in [0.4, 0.5) is 0 Å². The summed E-state index contributed by atoms with van der Waals surface area (Å²) in [4.78, 5) is 23.7. The van der Waals surface area contributed by atoms with Crippen LogP contribution >= 0.6 is 0 Å². The van der Waals surface area contributed by atoms with Crippen LogP contribution in [-0.4, -0.2) is 11.6 Å². The number of carbonyl (C=O) groups is 2. The zero-order chi connectivity index (χ0) is 10.8. The topological polar surface area (TPSA) is 34.1 Å². The van der Waals surface area contributed by atoms with E-state index in [2.05, 4.69) is 6.58 Å². The summed E-state index contributed by atoms with van der Waals surface area (Å²) in [5.41, 5.74) is 2.14. The van der Waals surface area contributed by atoms with Crippen LogP contribution in [-0.2, 0) is 9.59 Å². The van der Waals surface area contributed by atoms with Crippen molar-refractivity contribution in [1.82, 2.24) is 0 Å². The Bertz CT molecular complexity index is 397. The van der Waals surface area contributed by atoms with Gasteiger partial charge >= 0.3 is 0 Å². The number of allylic oxidation sites excluding steroid dienone is 5. The number of carbonyl (C=O) groups excluding carboxylic acids is 2. The van der Waals surface area contributed by atoms with Crippen LogP contribution in [0.1, 0.15) is 32.1 Å². The molecule has 2 aliphatic carbocycles. The summed E-state index contributed by atoms with van der Waals surface area (Å²) in [6.07, 6.45) is 7.27. The molecule has 2 heteroatoms. The average molecular weight is 202 g/mol. The Morgan fingerprint density at radius 1 is 1.20 bits per heavy atom. The summed E-state index contributed by atoms with van der Waals surface area (Å²) >= 11 is 0. The van der Waals surface area contributed by atoms with Crippen LogP contribution in [0.2, 0.25) is 0 Å². The summed E-state index contributed by atoms with van der Waals surface area (Å²) < 4.78 is 0.